The third-order valence-corrected chi connectivity index (χ3v) is 8.35. The summed E-state index contributed by atoms with van der Waals surface area (Å²) in [6.45, 7) is 4.62. The molecule has 1 N–H and O–H groups in total. The Bertz CT molecular complexity index is 1680. The molecule has 2 atom stereocenters. The maximum atomic E-state index is 13.6. The van der Waals surface area contributed by atoms with Crippen molar-refractivity contribution >= 4 is 55.7 Å². The van der Waals surface area contributed by atoms with Gasteiger partial charge in [-0.2, -0.15) is 0 Å². The molecule has 0 aliphatic carbocycles. The Morgan fingerprint density at radius 2 is 2.02 bits per heavy atom. The third-order valence-electron chi connectivity index (χ3n) is 7.10. The van der Waals surface area contributed by atoms with Crippen molar-refractivity contribution in [3.63, 3.8) is 0 Å². The van der Waals surface area contributed by atoms with E-state index in [0.717, 1.165) is 28.9 Å². The van der Waals surface area contributed by atoms with Crippen molar-refractivity contribution in [1.82, 2.24) is 4.98 Å². The minimum Gasteiger partial charge on any atom is -0.507 e. The molecule has 7 nitrogen and oxygen atoms in total. The molecule has 204 valence electrons. The number of anilines is 1. The number of Topliss-reactive ketones (excluding diaryl/α,β-unsaturated/α-hetero) is 1. The number of aliphatic hydroxyl groups is 1. The number of halogens is 1. The number of unbranched alkanes of at least 4 members (excludes halogenated alkanes) is 1. The molecule has 2 aliphatic rings. The normalized spacial score (nSPS) is 19.7. The van der Waals surface area contributed by atoms with Gasteiger partial charge in [-0.1, -0.05) is 48.4 Å². The number of hydrogen-bond acceptors (Lipinski definition) is 7. The predicted molar refractivity (Wildman–Crippen MR) is 156 cm³/mol. The molecule has 0 spiro atoms. The zero-order chi connectivity index (χ0) is 28.0. The van der Waals surface area contributed by atoms with Crippen molar-refractivity contribution in [2.24, 2.45) is 0 Å². The summed E-state index contributed by atoms with van der Waals surface area (Å²) in [6.07, 6.45) is 2.62. The Morgan fingerprint density at radius 3 is 2.85 bits per heavy atom. The maximum Gasteiger partial charge on any atom is 0.301 e. The Balaban J connectivity index is 1.50. The van der Waals surface area contributed by atoms with Gasteiger partial charge in [-0.3, -0.25) is 14.5 Å². The highest BCUT2D eigenvalue weighted by molar-refractivity contribution is 7.22. The highest BCUT2D eigenvalue weighted by Gasteiger charge is 2.48. The summed E-state index contributed by atoms with van der Waals surface area (Å²) < 4.78 is 12.5. The van der Waals surface area contributed by atoms with Gasteiger partial charge in [0.15, 0.2) is 5.13 Å². The van der Waals surface area contributed by atoms with Gasteiger partial charge in [-0.15, -0.1) is 0 Å². The lowest BCUT2D eigenvalue weighted by atomic mass is 9.94. The molecule has 2 aliphatic heterocycles. The number of benzene rings is 3. The number of ether oxygens (including phenoxy) is 2. The molecule has 0 saturated carbocycles. The lowest BCUT2D eigenvalue weighted by Gasteiger charge is -2.23. The van der Waals surface area contributed by atoms with Crippen LogP contribution >= 0.6 is 22.9 Å². The number of thiazole rings is 1. The molecule has 1 amide bonds. The number of ketones is 1. The van der Waals surface area contributed by atoms with Gasteiger partial charge in [-0.25, -0.2) is 4.98 Å². The molecular formula is C31H27ClN2O5S. The number of aromatic nitrogens is 1. The molecule has 2 unspecified atom stereocenters. The first-order valence-electron chi connectivity index (χ1n) is 13.2. The zero-order valence-corrected chi connectivity index (χ0v) is 23.6. The van der Waals surface area contributed by atoms with Crippen LogP contribution in [0.1, 0.15) is 49.4 Å². The fraction of sp³-hybridized carbons (Fsp3) is 0.258. The van der Waals surface area contributed by atoms with E-state index in [2.05, 4.69) is 11.9 Å². The van der Waals surface area contributed by atoms with E-state index >= 15 is 0 Å². The molecule has 1 fully saturated rings. The average Bonchev–Trinajstić information content (AvgIpc) is 3.60. The Hall–Kier alpha value is -3.88. The topological polar surface area (TPSA) is 89.0 Å². The van der Waals surface area contributed by atoms with Crippen LogP contribution in [0.25, 0.3) is 16.0 Å². The smallest absolute Gasteiger partial charge is 0.301 e. The van der Waals surface area contributed by atoms with Crippen LogP contribution in [0.4, 0.5) is 5.13 Å². The number of carbonyl (C=O) groups excluding carboxylic acids is 2. The van der Waals surface area contributed by atoms with Crippen LogP contribution in [-0.4, -0.2) is 34.5 Å². The van der Waals surface area contributed by atoms with Crippen LogP contribution in [0.15, 0.2) is 66.2 Å². The predicted octanol–water partition coefficient (Wildman–Crippen LogP) is 7.08. The van der Waals surface area contributed by atoms with Crippen molar-refractivity contribution in [1.29, 1.82) is 0 Å². The van der Waals surface area contributed by atoms with Gasteiger partial charge in [0, 0.05) is 17.0 Å². The monoisotopic (exact) mass is 574 g/mol. The summed E-state index contributed by atoms with van der Waals surface area (Å²) in [5.41, 5.74) is 2.68. The van der Waals surface area contributed by atoms with Gasteiger partial charge in [0.25, 0.3) is 5.78 Å². The van der Waals surface area contributed by atoms with E-state index in [4.69, 9.17) is 21.1 Å². The number of carbonyl (C=O) groups is 2. The third kappa shape index (κ3) is 4.71. The van der Waals surface area contributed by atoms with E-state index in [1.165, 1.54) is 16.2 Å². The van der Waals surface area contributed by atoms with Crippen molar-refractivity contribution in [3.8, 4) is 11.5 Å². The standard InChI is InChI=1S/C31H27ClN2O5S/c1-3-4-12-38-22-7-5-6-18(15-22)27-26(28(35)19-8-11-24-20(14-19)13-17(2)39-24)29(36)30(37)34(27)31-33-23-10-9-21(32)16-25(23)40-31/h5-11,14-17,27,35H,3-4,12-13H2,1-2H3. The SMILES string of the molecule is CCCCOc1cccc(C2C(=C(O)c3ccc4c(c3)CC(C)O4)C(=O)C(=O)N2c2nc3ccc(Cl)cc3s2)c1. The van der Waals surface area contributed by atoms with Gasteiger partial charge < -0.3 is 14.6 Å². The van der Waals surface area contributed by atoms with Crippen LogP contribution in [-0.2, 0) is 16.0 Å². The van der Waals surface area contributed by atoms with Gasteiger partial charge in [0.05, 0.1) is 28.4 Å². The summed E-state index contributed by atoms with van der Waals surface area (Å²) in [5.74, 6) is -0.397. The second kappa shape index (κ2) is 10.6. The van der Waals surface area contributed by atoms with Gasteiger partial charge in [0.1, 0.15) is 23.4 Å². The molecule has 4 aromatic rings. The first kappa shape index (κ1) is 26.3. The van der Waals surface area contributed by atoms with E-state index in [1.54, 1.807) is 30.3 Å². The van der Waals surface area contributed by atoms with Gasteiger partial charge >= 0.3 is 5.91 Å². The highest BCUT2D eigenvalue weighted by Crippen LogP contribution is 2.45. The lowest BCUT2D eigenvalue weighted by molar-refractivity contribution is -0.132. The summed E-state index contributed by atoms with van der Waals surface area (Å²) in [7, 11) is 0. The summed E-state index contributed by atoms with van der Waals surface area (Å²) >= 11 is 7.46. The number of amides is 1. The summed E-state index contributed by atoms with van der Waals surface area (Å²) in [5, 5.41) is 12.5. The first-order valence-corrected chi connectivity index (χ1v) is 14.4. The number of hydrogen-bond donors (Lipinski definition) is 1. The van der Waals surface area contributed by atoms with E-state index in [9.17, 15) is 14.7 Å². The summed E-state index contributed by atoms with van der Waals surface area (Å²) in [6, 6.07) is 17.0. The van der Waals surface area contributed by atoms with Crippen molar-refractivity contribution in [2.75, 3.05) is 11.5 Å². The average molecular weight is 575 g/mol. The van der Waals surface area contributed by atoms with Crippen molar-refractivity contribution in [3.05, 3.63) is 87.9 Å². The van der Waals surface area contributed by atoms with Gasteiger partial charge in [-0.05, 0) is 73.0 Å². The molecule has 6 rings (SSSR count). The zero-order valence-electron chi connectivity index (χ0n) is 22.0. The molecule has 3 aromatic carbocycles. The molecule has 0 radical (unpaired) electrons. The summed E-state index contributed by atoms with van der Waals surface area (Å²) in [4.78, 5) is 33.3. The Morgan fingerprint density at radius 1 is 1.18 bits per heavy atom. The first-order chi connectivity index (χ1) is 19.3. The van der Waals surface area contributed by atoms with Crippen LogP contribution < -0.4 is 14.4 Å². The largest absolute Gasteiger partial charge is 0.507 e. The number of rotatable bonds is 7. The number of nitrogens with zero attached hydrogens (tertiary/aromatic N) is 2. The minimum atomic E-state index is -0.908. The van der Waals surface area contributed by atoms with E-state index in [1.807, 2.05) is 37.3 Å². The van der Waals surface area contributed by atoms with Crippen molar-refractivity contribution in [2.45, 2.75) is 45.3 Å². The van der Waals surface area contributed by atoms with Crippen LogP contribution in [0.3, 0.4) is 0 Å². The van der Waals surface area contributed by atoms with Crippen LogP contribution in [0, 0.1) is 0 Å². The van der Waals surface area contributed by atoms with Crippen LogP contribution in [0.5, 0.6) is 11.5 Å². The molecule has 1 aromatic heterocycles. The fourth-order valence-corrected chi connectivity index (χ4v) is 6.44. The molecule has 1 saturated heterocycles. The maximum absolute atomic E-state index is 13.6. The Kier molecular flexibility index (Phi) is 6.98. The Labute approximate surface area is 240 Å². The fourth-order valence-electron chi connectivity index (χ4n) is 5.17. The molecule has 9 heteroatoms. The van der Waals surface area contributed by atoms with Crippen LogP contribution in [0.2, 0.25) is 5.02 Å². The van der Waals surface area contributed by atoms with Gasteiger partial charge in [0.2, 0.25) is 0 Å². The second-order valence-corrected chi connectivity index (χ2v) is 11.5. The highest BCUT2D eigenvalue weighted by atomic mass is 35.5. The lowest BCUT2D eigenvalue weighted by Crippen LogP contribution is -2.29. The molecule has 0 bridgehead atoms. The van der Waals surface area contributed by atoms with Crippen molar-refractivity contribution < 1.29 is 24.2 Å². The molecular weight excluding hydrogens is 548 g/mol. The van der Waals surface area contributed by atoms with E-state index < -0.39 is 17.7 Å². The molecule has 3 heterocycles. The molecule has 40 heavy (non-hydrogen) atoms. The van der Waals surface area contributed by atoms with E-state index in [0.29, 0.717) is 45.6 Å². The quantitative estimate of drug-likeness (QED) is 0.110. The minimum absolute atomic E-state index is 0.0000829. The second-order valence-electron chi connectivity index (χ2n) is 10.0. The number of aliphatic hydroxyl groups excluding tert-OH is 1. The van der Waals surface area contributed by atoms with E-state index in [-0.39, 0.29) is 17.4 Å². The number of fused-ring (bicyclic) bond motifs is 2.